The number of aromatic nitrogens is 2. The maximum absolute atomic E-state index is 12.7. The monoisotopic (exact) mass is 371 g/mol. The number of carbonyl (C=O) groups is 2. The average Bonchev–Trinajstić information content (AvgIpc) is 2.90. The van der Waals surface area contributed by atoms with Crippen molar-refractivity contribution in [2.75, 3.05) is 6.26 Å². The van der Waals surface area contributed by atoms with E-state index in [1.807, 2.05) is 25.3 Å². The van der Waals surface area contributed by atoms with Gasteiger partial charge >= 0.3 is 6.09 Å². The van der Waals surface area contributed by atoms with Gasteiger partial charge < -0.3 is 4.74 Å². The smallest absolute Gasteiger partial charge is 0.417 e. The van der Waals surface area contributed by atoms with Crippen molar-refractivity contribution in [1.29, 1.82) is 0 Å². The van der Waals surface area contributed by atoms with Gasteiger partial charge in [-0.25, -0.2) is 19.7 Å². The van der Waals surface area contributed by atoms with E-state index in [-0.39, 0.29) is 12.5 Å². The van der Waals surface area contributed by atoms with Gasteiger partial charge in [0.25, 0.3) is 5.91 Å². The molecule has 1 aromatic carbocycles. The van der Waals surface area contributed by atoms with Gasteiger partial charge in [-0.3, -0.25) is 4.79 Å². The Balaban J connectivity index is 1.93. The summed E-state index contributed by atoms with van der Waals surface area (Å²) in [6, 6.07) is 5.58. The van der Waals surface area contributed by atoms with Crippen LogP contribution in [0.1, 0.15) is 42.3 Å². The summed E-state index contributed by atoms with van der Waals surface area (Å²) in [6.45, 7) is 7.48. The SMILES string of the molecule is CSc1ncc(C)c(-c2ccc3c(c2)C(=O)N(C(=O)OC(C)(C)C)C3)n1. The normalized spacial score (nSPS) is 13.7. The van der Waals surface area contributed by atoms with Gasteiger partial charge in [0.2, 0.25) is 0 Å². The van der Waals surface area contributed by atoms with Crippen molar-refractivity contribution in [3.05, 3.63) is 41.1 Å². The number of benzene rings is 1. The number of hydrogen-bond acceptors (Lipinski definition) is 6. The third kappa shape index (κ3) is 3.58. The molecule has 0 fully saturated rings. The number of fused-ring (bicyclic) bond motifs is 1. The molecule has 0 atom stereocenters. The van der Waals surface area contributed by atoms with Crippen molar-refractivity contribution in [1.82, 2.24) is 14.9 Å². The van der Waals surface area contributed by atoms with Crippen molar-refractivity contribution < 1.29 is 14.3 Å². The molecule has 1 aromatic heterocycles. The number of amides is 2. The summed E-state index contributed by atoms with van der Waals surface area (Å²) in [7, 11) is 0. The predicted octanol–water partition coefficient (Wildman–Crippen LogP) is 4.06. The second-order valence-corrected chi connectivity index (χ2v) is 7.91. The molecule has 0 saturated carbocycles. The molecule has 136 valence electrons. The highest BCUT2D eigenvalue weighted by molar-refractivity contribution is 7.98. The highest BCUT2D eigenvalue weighted by Crippen LogP contribution is 2.30. The summed E-state index contributed by atoms with van der Waals surface area (Å²) in [5, 5.41) is 0.674. The Kier molecular flexibility index (Phi) is 4.75. The van der Waals surface area contributed by atoms with Gasteiger partial charge in [-0.05, 0) is 51.1 Å². The van der Waals surface area contributed by atoms with E-state index >= 15 is 0 Å². The van der Waals surface area contributed by atoms with Crippen LogP contribution in [0.5, 0.6) is 0 Å². The molecule has 0 saturated heterocycles. The largest absolute Gasteiger partial charge is 0.443 e. The Hall–Kier alpha value is -2.41. The van der Waals surface area contributed by atoms with E-state index in [2.05, 4.69) is 9.97 Å². The molecule has 0 unspecified atom stereocenters. The summed E-state index contributed by atoms with van der Waals surface area (Å²) in [4.78, 5) is 34.9. The number of ether oxygens (including phenoxy) is 1. The molecule has 1 aliphatic heterocycles. The minimum Gasteiger partial charge on any atom is -0.443 e. The maximum Gasteiger partial charge on any atom is 0.417 e. The zero-order valence-corrected chi connectivity index (χ0v) is 16.3. The van der Waals surface area contributed by atoms with Crippen molar-refractivity contribution in [2.45, 2.75) is 45.0 Å². The van der Waals surface area contributed by atoms with Crippen LogP contribution in [0.3, 0.4) is 0 Å². The molecule has 7 heteroatoms. The Morgan fingerprint density at radius 3 is 2.69 bits per heavy atom. The fraction of sp³-hybridized carbons (Fsp3) is 0.368. The number of thioether (sulfide) groups is 1. The zero-order valence-electron chi connectivity index (χ0n) is 15.5. The second kappa shape index (κ2) is 6.72. The average molecular weight is 371 g/mol. The van der Waals surface area contributed by atoms with Crippen molar-refractivity contribution in [3.63, 3.8) is 0 Å². The Labute approximate surface area is 157 Å². The lowest BCUT2D eigenvalue weighted by Crippen LogP contribution is -2.36. The number of imide groups is 1. The molecular formula is C19H21N3O3S. The molecular weight excluding hydrogens is 350 g/mol. The number of nitrogens with zero attached hydrogens (tertiary/aromatic N) is 3. The van der Waals surface area contributed by atoms with Gasteiger partial charge in [0.05, 0.1) is 12.2 Å². The number of hydrogen-bond donors (Lipinski definition) is 0. The molecule has 1 aliphatic rings. The molecule has 0 spiro atoms. The van der Waals surface area contributed by atoms with Gasteiger partial charge in [0.15, 0.2) is 5.16 Å². The van der Waals surface area contributed by atoms with E-state index in [0.29, 0.717) is 10.7 Å². The van der Waals surface area contributed by atoms with E-state index in [1.54, 1.807) is 33.0 Å². The first-order valence-electron chi connectivity index (χ1n) is 8.25. The van der Waals surface area contributed by atoms with E-state index in [0.717, 1.165) is 27.3 Å². The van der Waals surface area contributed by atoms with Crippen LogP contribution in [-0.2, 0) is 11.3 Å². The van der Waals surface area contributed by atoms with Gasteiger partial charge in [-0.2, -0.15) is 0 Å². The zero-order chi connectivity index (χ0) is 19.1. The summed E-state index contributed by atoms with van der Waals surface area (Å²) in [5.41, 5.74) is 3.22. The van der Waals surface area contributed by atoms with Crippen LogP contribution in [0.15, 0.2) is 29.6 Å². The Bertz CT molecular complexity index is 890. The molecule has 2 amide bonds. The van der Waals surface area contributed by atoms with Crippen LogP contribution in [0.25, 0.3) is 11.3 Å². The van der Waals surface area contributed by atoms with Crippen LogP contribution in [-0.4, -0.2) is 38.7 Å². The number of aryl methyl sites for hydroxylation is 1. The van der Waals surface area contributed by atoms with E-state index < -0.39 is 11.7 Å². The standard InChI is InChI=1S/C19H21N3O3S/c1-11-9-20-17(26-5)21-15(11)12-6-7-13-10-22(16(23)14(13)8-12)18(24)25-19(2,3)4/h6-9H,10H2,1-5H3. The minimum absolute atomic E-state index is 0.224. The van der Waals surface area contributed by atoms with Crippen molar-refractivity contribution >= 4 is 23.8 Å². The van der Waals surface area contributed by atoms with Crippen LogP contribution < -0.4 is 0 Å². The first-order chi connectivity index (χ1) is 12.2. The maximum atomic E-state index is 12.7. The first-order valence-corrected chi connectivity index (χ1v) is 9.48. The molecule has 0 bridgehead atoms. The highest BCUT2D eigenvalue weighted by atomic mass is 32.2. The van der Waals surface area contributed by atoms with Crippen molar-refractivity contribution in [2.24, 2.45) is 0 Å². The van der Waals surface area contributed by atoms with Gasteiger partial charge in [-0.15, -0.1) is 0 Å². The van der Waals surface area contributed by atoms with Crippen LogP contribution in [0.2, 0.25) is 0 Å². The third-order valence-corrected chi connectivity index (χ3v) is 4.50. The van der Waals surface area contributed by atoms with Crippen LogP contribution in [0.4, 0.5) is 4.79 Å². The van der Waals surface area contributed by atoms with E-state index in [9.17, 15) is 9.59 Å². The number of carbonyl (C=O) groups excluding carboxylic acids is 2. The molecule has 2 heterocycles. The van der Waals surface area contributed by atoms with Crippen LogP contribution in [0, 0.1) is 6.92 Å². The van der Waals surface area contributed by atoms with Gasteiger partial charge in [-0.1, -0.05) is 23.9 Å². The summed E-state index contributed by atoms with van der Waals surface area (Å²) >= 11 is 1.46. The minimum atomic E-state index is -0.649. The topological polar surface area (TPSA) is 72.4 Å². The molecule has 0 N–H and O–H groups in total. The molecule has 6 nitrogen and oxygen atoms in total. The van der Waals surface area contributed by atoms with Crippen LogP contribution >= 0.6 is 11.8 Å². The lowest BCUT2D eigenvalue weighted by molar-refractivity contribution is 0.0248. The predicted molar refractivity (Wildman–Crippen MR) is 100 cm³/mol. The number of rotatable bonds is 2. The Morgan fingerprint density at radius 1 is 1.31 bits per heavy atom. The van der Waals surface area contributed by atoms with Gasteiger partial charge in [0, 0.05) is 17.3 Å². The highest BCUT2D eigenvalue weighted by Gasteiger charge is 2.35. The second-order valence-electron chi connectivity index (χ2n) is 7.13. The van der Waals surface area contributed by atoms with E-state index in [4.69, 9.17) is 4.74 Å². The van der Waals surface area contributed by atoms with E-state index in [1.165, 1.54) is 11.8 Å². The summed E-state index contributed by atoms with van der Waals surface area (Å²) in [5.74, 6) is -0.340. The van der Waals surface area contributed by atoms with Crippen molar-refractivity contribution in [3.8, 4) is 11.3 Å². The third-order valence-electron chi connectivity index (χ3n) is 3.93. The quantitative estimate of drug-likeness (QED) is 0.585. The molecule has 0 aliphatic carbocycles. The fourth-order valence-electron chi connectivity index (χ4n) is 2.73. The lowest BCUT2D eigenvalue weighted by atomic mass is 10.0. The summed E-state index contributed by atoms with van der Waals surface area (Å²) < 4.78 is 5.33. The lowest BCUT2D eigenvalue weighted by Gasteiger charge is -2.23. The molecule has 3 rings (SSSR count). The molecule has 2 aromatic rings. The molecule has 26 heavy (non-hydrogen) atoms. The Morgan fingerprint density at radius 2 is 2.04 bits per heavy atom. The first kappa shape index (κ1) is 18.4. The fourth-order valence-corrected chi connectivity index (χ4v) is 3.07. The van der Waals surface area contributed by atoms with Gasteiger partial charge in [0.1, 0.15) is 5.60 Å². The molecule has 0 radical (unpaired) electrons. The summed E-state index contributed by atoms with van der Waals surface area (Å²) in [6.07, 6.45) is 3.07.